The number of nitrogens with one attached hydrogen (secondary N) is 1. The van der Waals surface area contributed by atoms with E-state index >= 15 is 0 Å². The number of aliphatic hydroxyl groups is 1. The van der Waals surface area contributed by atoms with E-state index in [9.17, 15) is 9.90 Å². The van der Waals surface area contributed by atoms with Crippen LogP contribution in [0, 0.1) is 6.92 Å². The molecule has 0 spiro atoms. The summed E-state index contributed by atoms with van der Waals surface area (Å²) in [7, 11) is 0. The van der Waals surface area contributed by atoms with Gasteiger partial charge in [0.15, 0.2) is 5.82 Å². The number of nitrogens with zero attached hydrogens (tertiary/aromatic N) is 2. The topological polar surface area (TPSA) is 88.2 Å². The fraction of sp³-hybridized carbons (Fsp3) is 0.471. The fourth-order valence-corrected chi connectivity index (χ4v) is 2.47. The van der Waals surface area contributed by atoms with Gasteiger partial charge in [0.2, 0.25) is 11.8 Å². The van der Waals surface area contributed by atoms with E-state index in [0.29, 0.717) is 18.2 Å². The molecule has 1 fully saturated rings. The van der Waals surface area contributed by atoms with Crippen LogP contribution in [0.3, 0.4) is 0 Å². The Morgan fingerprint density at radius 1 is 1.43 bits per heavy atom. The summed E-state index contributed by atoms with van der Waals surface area (Å²) in [5, 5.41) is 16.8. The first-order valence-electron chi connectivity index (χ1n) is 7.96. The Hall–Kier alpha value is -2.21. The Bertz CT molecular complexity index is 679. The van der Waals surface area contributed by atoms with Gasteiger partial charge in [-0.1, -0.05) is 29.4 Å². The second-order valence-electron chi connectivity index (χ2n) is 6.00. The summed E-state index contributed by atoms with van der Waals surface area (Å²) in [6, 6.07) is 7.60. The average Bonchev–Trinajstić information content (AvgIpc) is 3.30. The number of aromatic nitrogens is 2. The molecule has 0 bridgehead atoms. The highest BCUT2D eigenvalue weighted by Crippen LogP contribution is 2.38. The van der Waals surface area contributed by atoms with E-state index in [1.165, 1.54) is 0 Å². The van der Waals surface area contributed by atoms with Gasteiger partial charge in [-0.15, -0.1) is 0 Å². The number of carbonyl (C=O) groups excluding carboxylic acids is 1. The van der Waals surface area contributed by atoms with Crippen LogP contribution in [-0.2, 0) is 11.2 Å². The number of rotatable bonds is 7. The molecule has 1 heterocycles. The lowest BCUT2D eigenvalue weighted by Gasteiger charge is -2.14. The quantitative estimate of drug-likeness (QED) is 0.816. The van der Waals surface area contributed by atoms with E-state index in [0.717, 1.165) is 29.8 Å². The average molecular weight is 315 g/mol. The summed E-state index contributed by atoms with van der Waals surface area (Å²) in [5.74, 6) is 1.58. The van der Waals surface area contributed by atoms with E-state index in [4.69, 9.17) is 4.52 Å². The third-order valence-electron chi connectivity index (χ3n) is 4.03. The Kier molecular flexibility index (Phi) is 4.71. The minimum absolute atomic E-state index is 0.135. The molecule has 6 heteroatoms. The van der Waals surface area contributed by atoms with Gasteiger partial charge in [-0.3, -0.25) is 4.79 Å². The summed E-state index contributed by atoms with van der Waals surface area (Å²) in [6.07, 6.45) is 2.23. The van der Waals surface area contributed by atoms with Crippen molar-refractivity contribution < 1.29 is 14.4 Å². The maximum atomic E-state index is 11.9. The van der Waals surface area contributed by atoms with E-state index in [1.54, 1.807) is 0 Å². The normalized spacial score (nSPS) is 15.4. The zero-order valence-corrected chi connectivity index (χ0v) is 13.2. The number of carbonyl (C=O) groups is 1. The fourth-order valence-electron chi connectivity index (χ4n) is 2.47. The van der Waals surface area contributed by atoms with Gasteiger partial charge in [-0.2, -0.15) is 4.98 Å². The molecular formula is C17H21N3O3. The molecule has 1 aliphatic rings. The molecule has 122 valence electrons. The van der Waals surface area contributed by atoms with E-state index < -0.39 is 6.10 Å². The number of hydrogen-bond donors (Lipinski definition) is 2. The molecule has 23 heavy (non-hydrogen) atoms. The highest BCUT2D eigenvalue weighted by molar-refractivity contribution is 5.76. The molecule has 1 aromatic heterocycles. The number of aryl methyl sites for hydroxylation is 2. The molecule has 0 radical (unpaired) electrons. The molecular weight excluding hydrogens is 294 g/mol. The number of aliphatic hydroxyl groups excluding tert-OH is 1. The largest absolute Gasteiger partial charge is 0.387 e. The molecule has 2 aromatic rings. The van der Waals surface area contributed by atoms with E-state index in [1.807, 2.05) is 31.2 Å². The van der Waals surface area contributed by atoms with Crippen molar-refractivity contribution in [2.45, 2.75) is 44.6 Å². The molecule has 1 aliphatic carbocycles. The van der Waals surface area contributed by atoms with Gasteiger partial charge in [-0.05, 0) is 30.9 Å². The van der Waals surface area contributed by atoms with Gasteiger partial charge in [0.25, 0.3) is 0 Å². The Labute approximate surface area is 134 Å². The van der Waals surface area contributed by atoms with Crippen molar-refractivity contribution in [2.24, 2.45) is 0 Å². The van der Waals surface area contributed by atoms with Gasteiger partial charge in [-0.25, -0.2) is 0 Å². The highest BCUT2D eigenvalue weighted by atomic mass is 16.5. The van der Waals surface area contributed by atoms with Crippen LogP contribution in [0.1, 0.15) is 54.1 Å². The minimum Gasteiger partial charge on any atom is -0.387 e. The van der Waals surface area contributed by atoms with Crippen LogP contribution < -0.4 is 5.32 Å². The van der Waals surface area contributed by atoms with Crippen molar-refractivity contribution in [2.75, 3.05) is 6.54 Å². The first kappa shape index (κ1) is 15.7. The third-order valence-corrected chi connectivity index (χ3v) is 4.03. The maximum absolute atomic E-state index is 11.9. The smallest absolute Gasteiger partial charge is 0.227 e. The minimum atomic E-state index is -0.704. The van der Waals surface area contributed by atoms with Crippen LogP contribution in [0.4, 0.5) is 0 Å². The van der Waals surface area contributed by atoms with Crippen LogP contribution >= 0.6 is 0 Å². The summed E-state index contributed by atoms with van der Waals surface area (Å²) >= 11 is 0. The monoisotopic (exact) mass is 315 g/mol. The van der Waals surface area contributed by atoms with Gasteiger partial charge >= 0.3 is 0 Å². The first-order valence-corrected chi connectivity index (χ1v) is 7.96. The molecule has 6 nitrogen and oxygen atoms in total. The number of amides is 1. The third kappa shape index (κ3) is 4.16. The van der Waals surface area contributed by atoms with Gasteiger partial charge in [0, 0.05) is 25.3 Å². The molecule has 1 atom stereocenters. The number of benzene rings is 1. The van der Waals surface area contributed by atoms with Crippen LogP contribution in [0.15, 0.2) is 28.8 Å². The number of hydrogen-bond acceptors (Lipinski definition) is 5. The van der Waals surface area contributed by atoms with Crippen molar-refractivity contribution in [3.63, 3.8) is 0 Å². The molecule has 0 aliphatic heterocycles. The molecule has 1 aromatic carbocycles. The Balaban J connectivity index is 1.43. The van der Waals surface area contributed by atoms with E-state index in [-0.39, 0.29) is 18.9 Å². The molecule has 2 N–H and O–H groups in total. The van der Waals surface area contributed by atoms with Crippen molar-refractivity contribution in [3.05, 3.63) is 47.1 Å². The molecule has 3 rings (SSSR count). The van der Waals surface area contributed by atoms with Gasteiger partial charge in [0.05, 0.1) is 6.10 Å². The molecule has 1 unspecified atom stereocenters. The second-order valence-corrected chi connectivity index (χ2v) is 6.00. The zero-order chi connectivity index (χ0) is 16.2. The van der Waals surface area contributed by atoms with Crippen molar-refractivity contribution >= 4 is 5.91 Å². The van der Waals surface area contributed by atoms with Crippen LogP contribution in [0.25, 0.3) is 0 Å². The lowest BCUT2D eigenvalue weighted by atomic mass is 10.0. The predicted octanol–water partition coefficient (Wildman–Crippen LogP) is 2.04. The standard InChI is InChI=1S/C17H21N3O3/c1-11-4-2-3-5-13(11)14(21)10-18-15(22)8-9-16-19-17(20-23-16)12-6-7-12/h2-5,12,14,21H,6-10H2,1H3,(H,18,22). The summed E-state index contributed by atoms with van der Waals surface area (Å²) in [6.45, 7) is 2.13. The predicted molar refractivity (Wildman–Crippen MR) is 83.7 cm³/mol. The Morgan fingerprint density at radius 2 is 2.22 bits per heavy atom. The summed E-state index contributed by atoms with van der Waals surface area (Å²) < 4.78 is 5.14. The summed E-state index contributed by atoms with van der Waals surface area (Å²) in [5.41, 5.74) is 1.84. The lowest BCUT2D eigenvalue weighted by Crippen LogP contribution is -2.28. The first-order chi connectivity index (χ1) is 11.1. The molecule has 1 saturated carbocycles. The van der Waals surface area contributed by atoms with Gasteiger partial charge < -0.3 is 14.9 Å². The zero-order valence-electron chi connectivity index (χ0n) is 13.2. The van der Waals surface area contributed by atoms with Gasteiger partial charge in [0.1, 0.15) is 0 Å². The highest BCUT2D eigenvalue weighted by Gasteiger charge is 2.28. The molecule has 1 amide bonds. The Morgan fingerprint density at radius 3 is 2.96 bits per heavy atom. The second kappa shape index (κ2) is 6.91. The van der Waals surface area contributed by atoms with Crippen molar-refractivity contribution in [1.29, 1.82) is 0 Å². The van der Waals surface area contributed by atoms with Crippen molar-refractivity contribution in [3.8, 4) is 0 Å². The summed E-state index contributed by atoms with van der Waals surface area (Å²) in [4.78, 5) is 16.2. The van der Waals surface area contributed by atoms with Crippen molar-refractivity contribution in [1.82, 2.24) is 15.5 Å². The van der Waals surface area contributed by atoms with Crippen LogP contribution in [-0.4, -0.2) is 27.7 Å². The molecule has 0 saturated heterocycles. The SMILES string of the molecule is Cc1ccccc1C(O)CNC(=O)CCc1nc(C2CC2)no1. The van der Waals surface area contributed by atoms with Crippen LogP contribution in [0.2, 0.25) is 0 Å². The van der Waals surface area contributed by atoms with E-state index in [2.05, 4.69) is 15.5 Å². The lowest BCUT2D eigenvalue weighted by molar-refractivity contribution is -0.121. The maximum Gasteiger partial charge on any atom is 0.227 e. The van der Waals surface area contributed by atoms with Crippen LogP contribution in [0.5, 0.6) is 0 Å².